The highest BCUT2D eigenvalue weighted by Gasteiger charge is 2.39. The lowest BCUT2D eigenvalue weighted by molar-refractivity contribution is -0.124. The number of rotatable bonds is 3. The van der Waals surface area contributed by atoms with E-state index in [0.717, 1.165) is 31.7 Å². The van der Waals surface area contributed by atoms with Crippen LogP contribution in [0.2, 0.25) is 0 Å². The third-order valence-corrected chi connectivity index (χ3v) is 3.46. The Bertz CT molecular complexity index is 379. The topological polar surface area (TPSA) is 59.0 Å². The molecule has 0 spiro atoms. The minimum Gasteiger partial charge on any atom is -0.316 e. The van der Waals surface area contributed by atoms with E-state index in [2.05, 4.69) is 22.7 Å². The van der Waals surface area contributed by atoms with E-state index >= 15 is 0 Å². The molecule has 0 saturated carbocycles. The Hall–Kier alpha value is -1.36. The predicted molar refractivity (Wildman–Crippen MR) is 62.0 cm³/mol. The van der Waals surface area contributed by atoms with E-state index in [0.29, 0.717) is 0 Å². The number of carbonyl (C=O) groups excluding carboxylic acids is 1. The molecule has 1 atom stereocenters. The molecule has 1 unspecified atom stereocenters. The Morgan fingerprint density at radius 1 is 1.75 bits per heavy atom. The summed E-state index contributed by atoms with van der Waals surface area (Å²) >= 11 is 0. The Balaban J connectivity index is 2.10. The molecule has 16 heavy (non-hydrogen) atoms. The van der Waals surface area contributed by atoms with Gasteiger partial charge in [0.15, 0.2) is 0 Å². The van der Waals surface area contributed by atoms with Gasteiger partial charge < -0.3 is 10.6 Å². The number of aromatic nitrogens is 2. The van der Waals surface area contributed by atoms with Crippen molar-refractivity contribution >= 4 is 11.7 Å². The highest BCUT2D eigenvalue weighted by Crippen LogP contribution is 2.30. The first kappa shape index (κ1) is 11.1. The minimum absolute atomic E-state index is 0.101. The Morgan fingerprint density at radius 2 is 2.56 bits per heavy atom. The zero-order valence-corrected chi connectivity index (χ0v) is 9.79. The molecule has 0 bridgehead atoms. The van der Waals surface area contributed by atoms with Crippen molar-refractivity contribution in [3.63, 3.8) is 0 Å². The maximum absolute atomic E-state index is 12.2. The van der Waals surface area contributed by atoms with Crippen molar-refractivity contribution in [2.24, 2.45) is 12.5 Å². The zero-order valence-electron chi connectivity index (χ0n) is 9.79. The molecule has 0 aliphatic carbocycles. The van der Waals surface area contributed by atoms with Gasteiger partial charge in [-0.15, -0.1) is 0 Å². The van der Waals surface area contributed by atoms with Crippen molar-refractivity contribution in [2.75, 3.05) is 18.4 Å². The second kappa shape index (κ2) is 4.25. The summed E-state index contributed by atoms with van der Waals surface area (Å²) in [7, 11) is 1.82. The van der Waals surface area contributed by atoms with Gasteiger partial charge in [0.25, 0.3) is 0 Å². The van der Waals surface area contributed by atoms with Crippen LogP contribution < -0.4 is 10.6 Å². The molecule has 1 aromatic rings. The van der Waals surface area contributed by atoms with Crippen LogP contribution in [0, 0.1) is 5.41 Å². The molecule has 2 heterocycles. The molecule has 0 radical (unpaired) electrons. The minimum atomic E-state index is -0.246. The van der Waals surface area contributed by atoms with Gasteiger partial charge in [-0.2, -0.15) is 5.10 Å². The zero-order chi connectivity index (χ0) is 11.6. The maximum Gasteiger partial charge on any atom is 0.233 e. The summed E-state index contributed by atoms with van der Waals surface area (Å²) in [4.78, 5) is 12.2. The number of hydrogen-bond donors (Lipinski definition) is 2. The molecule has 1 aromatic heterocycles. The molecule has 88 valence electrons. The third kappa shape index (κ3) is 1.82. The van der Waals surface area contributed by atoms with Crippen LogP contribution in [0.1, 0.15) is 19.8 Å². The van der Waals surface area contributed by atoms with E-state index in [-0.39, 0.29) is 11.3 Å². The molecular formula is C11H18N4O. The first-order valence-corrected chi connectivity index (χ1v) is 5.68. The van der Waals surface area contributed by atoms with E-state index in [1.54, 1.807) is 10.9 Å². The molecule has 0 aromatic carbocycles. The lowest BCUT2D eigenvalue weighted by Gasteiger charge is -2.25. The van der Waals surface area contributed by atoms with Crippen LogP contribution in [0.15, 0.2) is 12.3 Å². The summed E-state index contributed by atoms with van der Waals surface area (Å²) in [5.41, 5.74) is -0.246. The first-order chi connectivity index (χ1) is 7.68. The fourth-order valence-corrected chi connectivity index (χ4v) is 2.15. The van der Waals surface area contributed by atoms with Crippen LogP contribution in [-0.4, -0.2) is 28.8 Å². The van der Waals surface area contributed by atoms with Crippen molar-refractivity contribution in [1.82, 2.24) is 15.1 Å². The van der Waals surface area contributed by atoms with Gasteiger partial charge in [-0.1, -0.05) is 6.92 Å². The van der Waals surface area contributed by atoms with Crippen molar-refractivity contribution in [3.05, 3.63) is 12.3 Å². The van der Waals surface area contributed by atoms with Gasteiger partial charge >= 0.3 is 0 Å². The number of anilines is 1. The third-order valence-electron chi connectivity index (χ3n) is 3.46. The van der Waals surface area contributed by atoms with E-state index in [1.165, 1.54) is 0 Å². The highest BCUT2D eigenvalue weighted by molar-refractivity contribution is 5.95. The van der Waals surface area contributed by atoms with Gasteiger partial charge in [0, 0.05) is 19.7 Å². The second-order valence-electron chi connectivity index (χ2n) is 4.35. The molecule has 1 fully saturated rings. The number of aryl methyl sites for hydroxylation is 1. The fourth-order valence-electron chi connectivity index (χ4n) is 2.15. The van der Waals surface area contributed by atoms with Crippen LogP contribution in [0.25, 0.3) is 0 Å². The van der Waals surface area contributed by atoms with Crippen molar-refractivity contribution in [3.8, 4) is 0 Å². The average molecular weight is 222 g/mol. The molecule has 5 heteroatoms. The fraction of sp³-hybridized carbons (Fsp3) is 0.636. The van der Waals surface area contributed by atoms with Crippen LogP contribution in [0.5, 0.6) is 0 Å². The van der Waals surface area contributed by atoms with Crippen molar-refractivity contribution < 1.29 is 4.79 Å². The molecule has 1 amide bonds. The standard InChI is InChI=1S/C11H18N4O/c1-3-11(5-7-12-8-11)10(16)14-9-4-6-13-15(9)2/h4,6,12H,3,5,7-8H2,1-2H3,(H,14,16). The highest BCUT2D eigenvalue weighted by atomic mass is 16.2. The van der Waals surface area contributed by atoms with Crippen molar-refractivity contribution in [2.45, 2.75) is 19.8 Å². The molecule has 2 rings (SSSR count). The van der Waals surface area contributed by atoms with Gasteiger partial charge in [-0.3, -0.25) is 9.48 Å². The molecule has 1 aliphatic heterocycles. The summed E-state index contributed by atoms with van der Waals surface area (Å²) in [5.74, 6) is 0.855. The predicted octanol–water partition coefficient (Wildman–Crippen LogP) is 0.748. The number of nitrogens with zero attached hydrogens (tertiary/aromatic N) is 2. The lowest BCUT2D eigenvalue weighted by atomic mass is 9.83. The smallest absolute Gasteiger partial charge is 0.233 e. The van der Waals surface area contributed by atoms with Gasteiger partial charge in [0.05, 0.1) is 11.6 Å². The Morgan fingerprint density at radius 3 is 3.06 bits per heavy atom. The number of nitrogens with one attached hydrogen (secondary N) is 2. The van der Waals surface area contributed by atoms with Crippen LogP contribution in [0.4, 0.5) is 5.82 Å². The molecule has 2 N–H and O–H groups in total. The second-order valence-corrected chi connectivity index (χ2v) is 4.35. The summed E-state index contributed by atoms with van der Waals surface area (Å²) in [6, 6.07) is 1.81. The summed E-state index contributed by atoms with van der Waals surface area (Å²) < 4.78 is 1.67. The van der Waals surface area contributed by atoms with E-state index < -0.39 is 0 Å². The average Bonchev–Trinajstić information content (AvgIpc) is 2.89. The summed E-state index contributed by atoms with van der Waals surface area (Å²) in [6.07, 6.45) is 3.46. The van der Waals surface area contributed by atoms with E-state index in [1.807, 2.05) is 13.1 Å². The molecular weight excluding hydrogens is 204 g/mol. The Labute approximate surface area is 95.2 Å². The van der Waals surface area contributed by atoms with Gasteiger partial charge in [-0.25, -0.2) is 0 Å². The summed E-state index contributed by atoms with van der Waals surface area (Å²) in [5, 5.41) is 10.2. The van der Waals surface area contributed by atoms with Crippen LogP contribution in [-0.2, 0) is 11.8 Å². The SMILES string of the molecule is CCC1(C(=O)Nc2ccnn2C)CCNC1. The molecule has 1 aliphatic rings. The van der Waals surface area contributed by atoms with E-state index in [9.17, 15) is 4.79 Å². The Kier molecular flexibility index (Phi) is 2.96. The van der Waals surface area contributed by atoms with Crippen LogP contribution >= 0.6 is 0 Å². The number of hydrogen-bond acceptors (Lipinski definition) is 3. The lowest BCUT2D eigenvalue weighted by Crippen LogP contribution is -2.38. The molecule has 1 saturated heterocycles. The van der Waals surface area contributed by atoms with E-state index in [4.69, 9.17) is 0 Å². The number of amides is 1. The first-order valence-electron chi connectivity index (χ1n) is 5.68. The largest absolute Gasteiger partial charge is 0.316 e. The number of carbonyl (C=O) groups is 1. The van der Waals surface area contributed by atoms with Gasteiger partial charge in [0.1, 0.15) is 5.82 Å². The van der Waals surface area contributed by atoms with Gasteiger partial charge in [-0.05, 0) is 19.4 Å². The monoisotopic (exact) mass is 222 g/mol. The van der Waals surface area contributed by atoms with Gasteiger partial charge in [0.2, 0.25) is 5.91 Å². The normalized spacial score (nSPS) is 24.6. The van der Waals surface area contributed by atoms with Crippen molar-refractivity contribution in [1.29, 1.82) is 0 Å². The maximum atomic E-state index is 12.2. The summed E-state index contributed by atoms with van der Waals surface area (Å²) in [6.45, 7) is 3.76. The van der Waals surface area contributed by atoms with Crippen LogP contribution in [0.3, 0.4) is 0 Å². The quantitative estimate of drug-likeness (QED) is 0.793. The molecule has 5 nitrogen and oxygen atoms in total.